The fourth-order valence-electron chi connectivity index (χ4n) is 5.05. The molecule has 0 bridgehead atoms. The zero-order chi connectivity index (χ0) is 31.1. The maximum atomic E-state index is 14.0. The van der Waals surface area contributed by atoms with E-state index in [1.54, 1.807) is 31.2 Å². The van der Waals surface area contributed by atoms with Crippen LogP contribution in [0.15, 0.2) is 71.6 Å². The van der Waals surface area contributed by atoms with Crippen molar-refractivity contribution >= 4 is 62.4 Å². The fourth-order valence-corrected chi connectivity index (χ4v) is 6.40. The normalized spacial score (nSPS) is 17.2. The van der Waals surface area contributed by atoms with Crippen LogP contribution in [-0.4, -0.2) is 74.9 Å². The van der Waals surface area contributed by atoms with Crippen LogP contribution in [0.1, 0.15) is 11.1 Å². The topological polar surface area (TPSA) is 145 Å². The van der Waals surface area contributed by atoms with Crippen LogP contribution in [0.25, 0.3) is 0 Å². The van der Waals surface area contributed by atoms with Crippen molar-refractivity contribution < 1.29 is 32.3 Å². The third kappa shape index (κ3) is 5.54. The molecule has 5 rings (SSSR count). The van der Waals surface area contributed by atoms with Gasteiger partial charge in [0, 0.05) is 32.1 Å². The maximum Gasteiger partial charge on any atom is 0.330 e. The second kappa shape index (κ2) is 11.7. The smallest absolute Gasteiger partial charge is 0.330 e. The third-order valence-corrected chi connectivity index (χ3v) is 9.01. The highest BCUT2D eigenvalue weighted by Crippen LogP contribution is 2.31. The molecule has 5 amide bonds. The molecule has 3 aromatic rings. The van der Waals surface area contributed by atoms with E-state index in [1.807, 2.05) is 12.1 Å². The summed E-state index contributed by atoms with van der Waals surface area (Å²) in [5.74, 6) is -2.68. The van der Waals surface area contributed by atoms with Crippen LogP contribution in [0.2, 0.25) is 5.02 Å². The van der Waals surface area contributed by atoms with Crippen molar-refractivity contribution in [2.45, 2.75) is 30.5 Å². The number of carbonyl (C=O) groups is 4. The summed E-state index contributed by atoms with van der Waals surface area (Å²) in [6.07, 6.45) is -0.802. The molecule has 224 valence electrons. The third-order valence-electron chi connectivity index (χ3n) is 7.32. The molecule has 2 aliphatic rings. The summed E-state index contributed by atoms with van der Waals surface area (Å²) in [7, 11) is -1.59. The Hall–Kier alpha value is -4.46. The van der Waals surface area contributed by atoms with Crippen LogP contribution in [0, 0.1) is 6.92 Å². The number of hydrogen-bond acceptors (Lipinski definition) is 7. The predicted octanol–water partition coefficient (Wildman–Crippen LogP) is 3.21. The minimum absolute atomic E-state index is 0.0578. The van der Waals surface area contributed by atoms with E-state index in [1.165, 1.54) is 49.4 Å². The summed E-state index contributed by atoms with van der Waals surface area (Å²) >= 11 is 6.12. The number of ether oxygens (including phenoxy) is 1. The number of anilines is 3. The lowest BCUT2D eigenvalue weighted by molar-refractivity contribution is -0.146. The van der Waals surface area contributed by atoms with Gasteiger partial charge in [-0.3, -0.25) is 24.0 Å². The summed E-state index contributed by atoms with van der Waals surface area (Å²) in [5, 5.41) is 2.77. The standard InChI is InChI=1S/C29H28ClN5O7S/c1-17-12-13-19(43(40,41)32-21-10-6-5-9-20(21)30)16-22(17)31-25(36)24(35-27(38)28(42-3)33(2)29(35)39)26(37)34-15-14-18-8-4-7-11-23(18)34/h4-13,16,24,28,32H,14-15H2,1-3H3,(H,31,36). The molecule has 0 aromatic heterocycles. The number of halogens is 1. The molecular weight excluding hydrogens is 598 g/mol. The van der Waals surface area contributed by atoms with Gasteiger partial charge in [0.1, 0.15) is 0 Å². The van der Waals surface area contributed by atoms with E-state index in [2.05, 4.69) is 10.0 Å². The first-order chi connectivity index (χ1) is 20.4. The summed E-state index contributed by atoms with van der Waals surface area (Å²) in [6.45, 7) is 1.87. The van der Waals surface area contributed by atoms with Gasteiger partial charge >= 0.3 is 6.03 Å². The molecule has 0 saturated carbocycles. The highest BCUT2D eigenvalue weighted by atomic mass is 35.5. The lowest BCUT2D eigenvalue weighted by Gasteiger charge is -2.28. The highest BCUT2D eigenvalue weighted by Gasteiger charge is 2.52. The van der Waals surface area contributed by atoms with Gasteiger partial charge in [-0.25, -0.2) is 18.1 Å². The summed E-state index contributed by atoms with van der Waals surface area (Å²) < 4.78 is 33.9. The molecule has 2 unspecified atom stereocenters. The van der Waals surface area contributed by atoms with E-state index < -0.39 is 46.0 Å². The number of nitrogens with zero attached hydrogens (tertiary/aromatic N) is 3. The Labute approximate surface area is 253 Å². The number of rotatable bonds is 8. The van der Waals surface area contributed by atoms with Gasteiger partial charge in [0.05, 0.1) is 15.6 Å². The van der Waals surface area contributed by atoms with Crippen molar-refractivity contribution in [2.75, 3.05) is 35.6 Å². The number of likely N-dealkylation sites (N-methyl/N-ethyl adjacent to an activating group) is 1. The van der Waals surface area contributed by atoms with Crippen molar-refractivity contribution in [1.29, 1.82) is 0 Å². The number of sulfonamides is 1. The molecule has 2 N–H and O–H groups in total. The number of imide groups is 1. The average Bonchev–Trinajstić information content (AvgIpc) is 3.50. The van der Waals surface area contributed by atoms with E-state index in [4.69, 9.17) is 16.3 Å². The number of para-hydroxylation sites is 2. The number of fused-ring (bicyclic) bond motifs is 1. The second-order valence-corrected chi connectivity index (χ2v) is 12.1. The summed E-state index contributed by atoms with van der Waals surface area (Å²) in [6, 6.07) is 14.7. The molecule has 1 saturated heterocycles. The Morgan fingerprint density at radius 1 is 1.02 bits per heavy atom. The van der Waals surface area contributed by atoms with E-state index in [0.29, 0.717) is 22.6 Å². The quantitative estimate of drug-likeness (QED) is 0.289. The summed E-state index contributed by atoms with van der Waals surface area (Å²) in [4.78, 5) is 57.1. The second-order valence-electron chi connectivity index (χ2n) is 10.0. The molecule has 1 fully saturated rings. The first kappa shape index (κ1) is 30.0. The van der Waals surface area contributed by atoms with Crippen molar-refractivity contribution in [1.82, 2.24) is 9.80 Å². The average molecular weight is 626 g/mol. The SMILES string of the molecule is COC1C(=O)N(C(C(=O)Nc2cc(S(=O)(=O)Nc3ccccc3Cl)ccc2C)C(=O)N2CCc3ccccc32)C(=O)N1C. The number of urea groups is 1. The predicted molar refractivity (Wildman–Crippen MR) is 159 cm³/mol. The number of benzene rings is 3. The van der Waals surface area contributed by atoms with E-state index in [-0.39, 0.29) is 27.8 Å². The van der Waals surface area contributed by atoms with Gasteiger partial charge in [-0.2, -0.15) is 0 Å². The number of carbonyl (C=O) groups excluding carboxylic acids is 4. The number of nitrogens with one attached hydrogen (secondary N) is 2. The lowest BCUT2D eigenvalue weighted by Crippen LogP contribution is -2.57. The molecule has 0 aliphatic carbocycles. The number of aryl methyl sites for hydroxylation is 1. The van der Waals surface area contributed by atoms with Crippen LogP contribution >= 0.6 is 11.6 Å². The lowest BCUT2D eigenvalue weighted by atomic mass is 10.1. The Bertz CT molecular complexity index is 1750. The van der Waals surface area contributed by atoms with Crippen molar-refractivity contribution in [3.8, 4) is 0 Å². The van der Waals surface area contributed by atoms with Crippen molar-refractivity contribution in [2.24, 2.45) is 0 Å². The fraction of sp³-hybridized carbons (Fsp3) is 0.241. The van der Waals surface area contributed by atoms with Gasteiger partial charge in [-0.05, 0) is 54.8 Å². The van der Waals surface area contributed by atoms with Crippen LogP contribution in [0.5, 0.6) is 0 Å². The van der Waals surface area contributed by atoms with Crippen LogP contribution in [0.3, 0.4) is 0 Å². The van der Waals surface area contributed by atoms with Crippen molar-refractivity contribution in [3.63, 3.8) is 0 Å². The Kier molecular flexibility index (Phi) is 8.14. The molecule has 14 heteroatoms. The van der Waals surface area contributed by atoms with E-state index >= 15 is 0 Å². The Balaban J connectivity index is 1.49. The monoisotopic (exact) mass is 625 g/mol. The van der Waals surface area contributed by atoms with Gasteiger partial charge in [0.15, 0.2) is 6.04 Å². The molecule has 0 radical (unpaired) electrons. The first-order valence-electron chi connectivity index (χ1n) is 13.2. The van der Waals surface area contributed by atoms with Gasteiger partial charge in [-0.15, -0.1) is 0 Å². The molecule has 2 aliphatic heterocycles. The molecule has 2 heterocycles. The van der Waals surface area contributed by atoms with Gasteiger partial charge in [-0.1, -0.05) is 48.0 Å². The molecule has 0 spiro atoms. The minimum Gasteiger partial charge on any atom is -0.353 e. The van der Waals surface area contributed by atoms with E-state index in [0.717, 1.165) is 10.5 Å². The number of amides is 5. The largest absolute Gasteiger partial charge is 0.353 e. The van der Waals surface area contributed by atoms with Crippen LogP contribution in [0.4, 0.5) is 21.9 Å². The highest BCUT2D eigenvalue weighted by molar-refractivity contribution is 7.92. The van der Waals surface area contributed by atoms with Gasteiger partial charge in [0.2, 0.25) is 6.23 Å². The number of hydrogen-bond donors (Lipinski definition) is 2. The van der Waals surface area contributed by atoms with Crippen molar-refractivity contribution in [3.05, 3.63) is 82.9 Å². The van der Waals surface area contributed by atoms with Crippen LogP contribution in [-0.2, 0) is 35.6 Å². The zero-order valence-corrected chi connectivity index (χ0v) is 25.0. The molecular formula is C29H28ClN5O7S. The Morgan fingerprint density at radius 3 is 2.42 bits per heavy atom. The van der Waals surface area contributed by atoms with E-state index in [9.17, 15) is 27.6 Å². The molecule has 43 heavy (non-hydrogen) atoms. The zero-order valence-electron chi connectivity index (χ0n) is 23.4. The molecule has 12 nitrogen and oxygen atoms in total. The minimum atomic E-state index is -4.15. The molecule has 3 aromatic carbocycles. The van der Waals surface area contributed by atoms with Gasteiger partial charge < -0.3 is 15.0 Å². The maximum absolute atomic E-state index is 14.0. The molecule has 2 atom stereocenters. The first-order valence-corrected chi connectivity index (χ1v) is 15.0. The summed E-state index contributed by atoms with van der Waals surface area (Å²) in [5.41, 5.74) is 2.13. The van der Waals surface area contributed by atoms with Crippen LogP contribution < -0.4 is 14.9 Å². The number of methoxy groups -OCH3 is 1. The Morgan fingerprint density at radius 2 is 1.72 bits per heavy atom. The van der Waals surface area contributed by atoms with Gasteiger partial charge in [0.25, 0.3) is 27.7 Å².